The lowest BCUT2D eigenvalue weighted by molar-refractivity contribution is -0.140. The van der Waals surface area contributed by atoms with E-state index in [1.165, 1.54) is 40.9 Å². The number of rotatable bonds is 5. The Bertz CT molecular complexity index is 1050. The van der Waals surface area contributed by atoms with Crippen molar-refractivity contribution < 1.29 is 23.5 Å². The third-order valence-corrected chi connectivity index (χ3v) is 6.62. The minimum atomic E-state index is -0.411. The van der Waals surface area contributed by atoms with Crippen LogP contribution in [0.3, 0.4) is 0 Å². The van der Waals surface area contributed by atoms with Crippen LogP contribution in [-0.2, 0) is 14.3 Å². The highest BCUT2D eigenvalue weighted by molar-refractivity contribution is 8.04. The fourth-order valence-electron chi connectivity index (χ4n) is 3.95. The number of thioether (sulfide) groups is 1. The van der Waals surface area contributed by atoms with Crippen LogP contribution >= 0.6 is 11.8 Å². The van der Waals surface area contributed by atoms with Gasteiger partial charge >= 0.3 is 6.09 Å². The maximum Gasteiger partial charge on any atom is 0.409 e. The molecule has 0 aliphatic carbocycles. The Hall–Kier alpha value is -3.13. The Kier molecular flexibility index (Phi) is 6.60. The Balaban J connectivity index is 1.61. The standard InChI is InChI=1S/C24H23FN2O4S/c1-2-31-24(30)26-14-12-18(13-15-26)27-22(28)20(16-8-10-17(25)11-9-16)21(23(27)29)32-19-6-4-3-5-7-19/h3-11,18H,2,12-15H2,1H3. The molecule has 0 atom stereocenters. The predicted octanol–water partition coefficient (Wildman–Crippen LogP) is 4.32. The lowest BCUT2D eigenvalue weighted by atomic mass is 10.0. The molecule has 0 unspecified atom stereocenters. The van der Waals surface area contributed by atoms with Crippen molar-refractivity contribution in [3.8, 4) is 0 Å². The van der Waals surface area contributed by atoms with Gasteiger partial charge in [-0.2, -0.15) is 0 Å². The number of likely N-dealkylation sites (tertiary alicyclic amines) is 1. The molecule has 2 heterocycles. The van der Waals surface area contributed by atoms with E-state index in [-0.39, 0.29) is 29.5 Å². The largest absolute Gasteiger partial charge is 0.450 e. The van der Waals surface area contributed by atoms with Crippen molar-refractivity contribution in [3.63, 3.8) is 0 Å². The number of carbonyl (C=O) groups excluding carboxylic acids is 3. The zero-order chi connectivity index (χ0) is 22.7. The maximum absolute atomic E-state index is 13.5. The zero-order valence-electron chi connectivity index (χ0n) is 17.6. The number of imide groups is 1. The van der Waals surface area contributed by atoms with Gasteiger partial charge in [-0.3, -0.25) is 14.5 Å². The molecule has 0 N–H and O–H groups in total. The molecule has 2 aliphatic heterocycles. The van der Waals surface area contributed by atoms with Gasteiger partial charge in [-0.05, 0) is 49.6 Å². The van der Waals surface area contributed by atoms with Crippen LogP contribution in [0.15, 0.2) is 64.4 Å². The summed E-state index contributed by atoms with van der Waals surface area (Å²) in [7, 11) is 0. The lowest BCUT2D eigenvalue weighted by Gasteiger charge is -2.35. The fraction of sp³-hybridized carbons (Fsp3) is 0.292. The van der Waals surface area contributed by atoms with Crippen molar-refractivity contribution in [2.24, 2.45) is 0 Å². The Morgan fingerprint density at radius 3 is 2.31 bits per heavy atom. The van der Waals surface area contributed by atoms with Crippen LogP contribution in [0, 0.1) is 5.82 Å². The van der Waals surface area contributed by atoms with E-state index in [4.69, 9.17) is 4.74 Å². The predicted molar refractivity (Wildman–Crippen MR) is 119 cm³/mol. The van der Waals surface area contributed by atoms with Crippen LogP contribution in [0.1, 0.15) is 25.3 Å². The highest BCUT2D eigenvalue weighted by atomic mass is 32.2. The van der Waals surface area contributed by atoms with Crippen molar-refractivity contribution in [1.82, 2.24) is 9.80 Å². The number of carbonyl (C=O) groups is 3. The van der Waals surface area contributed by atoms with E-state index in [1.807, 2.05) is 30.3 Å². The Morgan fingerprint density at radius 2 is 1.69 bits per heavy atom. The van der Waals surface area contributed by atoms with Crippen molar-refractivity contribution in [3.05, 3.63) is 70.9 Å². The van der Waals surface area contributed by atoms with E-state index in [1.54, 1.807) is 11.8 Å². The zero-order valence-corrected chi connectivity index (χ0v) is 18.4. The third kappa shape index (κ3) is 4.41. The summed E-state index contributed by atoms with van der Waals surface area (Å²) in [6.45, 7) is 2.87. The van der Waals surface area contributed by atoms with E-state index in [2.05, 4.69) is 0 Å². The topological polar surface area (TPSA) is 66.9 Å². The first-order valence-corrected chi connectivity index (χ1v) is 11.3. The molecule has 4 rings (SSSR count). The van der Waals surface area contributed by atoms with Gasteiger partial charge in [-0.15, -0.1) is 0 Å². The molecule has 8 heteroatoms. The molecule has 0 bridgehead atoms. The van der Waals surface area contributed by atoms with Gasteiger partial charge in [0, 0.05) is 24.0 Å². The summed E-state index contributed by atoms with van der Waals surface area (Å²) in [5.41, 5.74) is 0.798. The summed E-state index contributed by atoms with van der Waals surface area (Å²) in [6.07, 6.45) is 0.586. The van der Waals surface area contributed by atoms with Crippen LogP contribution in [0.4, 0.5) is 9.18 Å². The van der Waals surface area contributed by atoms with E-state index >= 15 is 0 Å². The number of hydrogen-bond donors (Lipinski definition) is 0. The molecule has 1 fully saturated rings. The molecular weight excluding hydrogens is 431 g/mol. The lowest BCUT2D eigenvalue weighted by Crippen LogP contribution is -2.49. The molecule has 2 aromatic rings. The van der Waals surface area contributed by atoms with Gasteiger partial charge in [-0.1, -0.05) is 42.1 Å². The highest BCUT2D eigenvalue weighted by Gasteiger charge is 2.44. The van der Waals surface area contributed by atoms with Gasteiger partial charge < -0.3 is 9.64 Å². The average molecular weight is 455 g/mol. The number of halogens is 1. The molecule has 0 radical (unpaired) electrons. The smallest absolute Gasteiger partial charge is 0.409 e. The van der Waals surface area contributed by atoms with Gasteiger partial charge in [0.15, 0.2) is 0 Å². The van der Waals surface area contributed by atoms with Gasteiger partial charge in [0.2, 0.25) is 0 Å². The first kappa shape index (κ1) is 22.1. The first-order chi connectivity index (χ1) is 15.5. The summed E-state index contributed by atoms with van der Waals surface area (Å²) in [4.78, 5) is 43.0. The van der Waals surface area contributed by atoms with Crippen LogP contribution < -0.4 is 0 Å². The summed E-state index contributed by atoms with van der Waals surface area (Å²) in [5, 5.41) is 0. The minimum Gasteiger partial charge on any atom is -0.450 e. The number of benzene rings is 2. The van der Waals surface area contributed by atoms with Gasteiger partial charge in [0.1, 0.15) is 5.82 Å². The second kappa shape index (κ2) is 9.56. The van der Waals surface area contributed by atoms with E-state index in [0.29, 0.717) is 43.0 Å². The third-order valence-electron chi connectivity index (χ3n) is 5.52. The summed E-state index contributed by atoms with van der Waals surface area (Å²) in [6, 6.07) is 14.7. The molecule has 0 spiro atoms. The molecule has 3 amide bonds. The average Bonchev–Trinajstić information content (AvgIpc) is 3.05. The summed E-state index contributed by atoms with van der Waals surface area (Å²) >= 11 is 1.24. The van der Waals surface area contributed by atoms with Crippen molar-refractivity contribution >= 4 is 35.2 Å². The molecular formula is C24H23FN2O4S. The second-order valence-electron chi connectivity index (χ2n) is 7.52. The van der Waals surface area contributed by atoms with Gasteiger partial charge in [-0.25, -0.2) is 9.18 Å². The minimum absolute atomic E-state index is 0.289. The van der Waals surface area contributed by atoms with Crippen LogP contribution in [0.25, 0.3) is 5.57 Å². The SMILES string of the molecule is CCOC(=O)N1CCC(N2C(=O)C(Sc3ccccc3)=C(c3ccc(F)cc3)C2=O)CC1. The van der Waals surface area contributed by atoms with Crippen molar-refractivity contribution in [2.45, 2.75) is 30.7 Å². The quantitative estimate of drug-likeness (QED) is 0.630. The molecule has 6 nitrogen and oxygen atoms in total. The Labute approximate surface area is 190 Å². The van der Waals surface area contributed by atoms with E-state index < -0.39 is 5.82 Å². The first-order valence-electron chi connectivity index (χ1n) is 10.5. The summed E-state index contributed by atoms with van der Waals surface area (Å²) < 4.78 is 18.5. The number of nitrogens with zero attached hydrogens (tertiary/aromatic N) is 2. The number of piperidine rings is 1. The number of ether oxygens (including phenoxy) is 1. The molecule has 166 valence electrons. The molecule has 2 aliphatic rings. The Morgan fingerprint density at radius 1 is 1.03 bits per heavy atom. The normalized spacial score (nSPS) is 17.3. The van der Waals surface area contributed by atoms with E-state index in [9.17, 15) is 18.8 Å². The molecule has 0 saturated carbocycles. The fourth-order valence-corrected chi connectivity index (χ4v) is 4.97. The molecule has 2 aromatic carbocycles. The molecule has 32 heavy (non-hydrogen) atoms. The monoisotopic (exact) mass is 454 g/mol. The van der Waals surface area contributed by atoms with Gasteiger partial charge in [0.25, 0.3) is 11.8 Å². The maximum atomic E-state index is 13.5. The molecule has 1 saturated heterocycles. The van der Waals surface area contributed by atoms with Crippen molar-refractivity contribution in [2.75, 3.05) is 19.7 Å². The van der Waals surface area contributed by atoms with Gasteiger partial charge in [0.05, 0.1) is 17.1 Å². The number of amides is 3. The van der Waals surface area contributed by atoms with E-state index in [0.717, 1.165) is 4.90 Å². The molecule has 0 aromatic heterocycles. The van der Waals surface area contributed by atoms with Crippen molar-refractivity contribution in [1.29, 1.82) is 0 Å². The van der Waals surface area contributed by atoms with Crippen LogP contribution in [-0.4, -0.2) is 53.4 Å². The van der Waals surface area contributed by atoms with Crippen LogP contribution in [0.5, 0.6) is 0 Å². The highest BCUT2D eigenvalue weighted by Crippen LogP contribution is 2.41. The second-order valence-corrected chi connectivity index (χ2v) is 8.61. The summed E-state index contributed by atoms with van der Waals surface area (Å²) in [5.74, 6) is -1.14. The number of hydrogen-bond acceptors (Lipinski definition) is 5. The van der Waals surface area contributed by atoms with Crippen LogP contribution in [0.2, 0.25) is 0 Å².